The quantitative estimate of drug-likeness (QED) is 0.898. The van der Waals surface area contributed by atoms with Gasteiger partial charge in [-0.25, -0.2) is 0 Å². The lowest BCUT2D eigenvalue weighted by atomic mass is 10.1. The van der Waals surface area contributed by atoms with E-state index >= 15 is 0 Å². The van der Waals surface area contributed by atoms with Crippen molar-refractivity contribution in [2.45, 2.75) is 19.3 Å². The van der Waals surface area contributed by atoms with Crippen LogP contribution in [0.25, 0.3) is 0 Å². The lowest BCUT2D eigenvalue weighted by Crippen LogP contribution is -2.23. The van der Waals surface area contributed by atoms with Crippen LogP contribution < -0.4 is 10.1 Å². The largest absolute Gasteiger partial charge is 0.573 e. The zero-order chi connectivity index (χ0) is 13.7. The molecule has 1 heterocycles. The summed E-state index contributed by atoms with van der Waals surface area (Å²) < 4.78 is 40.7. The van der Waals surface area contributed by atoms with E-state index in [1.165, 1.54) is 24.3 Å². The molecule has 1 fully saturated rings. The average Bonchev–Trinajstić information content (AvgIpc) is 2.82. The first-order valence-electron chi connectivity index (χ1n) is 6.17. The minimum absolute atomic E-state index is 0.122. The number of alkyl halides is 3. The van der Waals surface area contributed by atoms with E-state index in [0.717, 1.165) is 12.3 Å². The van der Waals surface area contributed by atoms with Crippen molar-refractivity contribution in [2.75, 3.05) is 18.1 Å². The molecule has 0 aliphatic carbocycles. The summed E-state index contributed by atoms with van der Waals surface area (Å²) in [5, 5.41) is 3.21. The Morgan fingerprint density at radius 1 is 1.32 bits per heavy atom. The Kier molecular flexibility index (Phi) is 4.99. The van der Waals surface area contributed by atoms with Crippen LogP contribution in [0.2, 0.25) is 0 Å². The molecule has 0 saturated carbocycles. The molecule has 0 amide bonds. The average molecular weight is 291 g/mol. The summed E-state index contributed by atoms with van der Waals surface area (Å²) in [6.45, 7) is 1.24. The lowest BCUT2D eigenvalue weighted by Gasteiger charge is -2.14. The highest BCUT2D eigenvalue weighted by atomic mass is 32.2. The first kappa shape index (κ1) is 14.5. The minimum atomic E-state index is -4.64. The zero-order valence-corrected chi connectivity index (χ0v) is 11.2. The van der Waals surface area contributed by atoms with E-state index in [9.17, 15) is 13.2 Å². The zero-order valence-electron chi connectivity index (χ0n) is 10.4. The highest BCUT2D eigenvalue weighted by Gasteiger charge is 2.31. The standard InChI is InChI=1S/C13H16F3NOS/c14-13(15,16)18-12-4-2-1-3-11(12)8-17-7-10-5-6-19-9-10/h1-4,10,17H,5-9H2. The van der Waals surface area contributed by atoms with Gasteiger partial charge in [-0.3, -0.25) is 0 Å². The second-order valence-corrected chi connectivity index (χ2v) is 5.67. The summed E-state index contributed by atoms with van der Waals surface area (Å²) in [5.74, 6) is 2.82. The number of nitrogens with one attached hydrogen (secondary N) is 1. The summed E-state index contributed by atoms with van der Waals surface area (Å²) in [4.78, 5) is 0. The molecule has 1 atom stereocenters. The smallest absolute Gasteiger partial charge is 0.405 e. The van der Waals surface area contributed by atoms with Crippen LogP contribution in [-0.4, -0.2) is 24.4 Å². The monoisotopic (exact) mass is 291 g/mol. The molecule has 0 spiro atoms. The predicted octanol–water partition coefficient (Wildman–Crippen LogP) is 3.43. The lowest BCUT2D eigenvalue weighted by molar-refractivity contribution is -0.274. The van der Waals surface area contributed by atoms with Gasteiger partial charge in [0.2, 0.25) is 0 Å². The topological polar surface area (TPSA) is 21.3 Å². The first-order chi connectivity index (χ1) is 9.04. The van der Waals surface area contributed by atoms with Crippen LogP contribution in [0.4, 0.5) is 13.2 Å². The molecule has 2 nitrogen and oxygen atoms in total. The predicted molar refractivity (Wildman–Crippen MR) is 70.3 cm³/mol. The third-order valence-corrected chi connectivity index (χ3v) is 4.20. The molecule has 1 unspecified atom stereocenters. The molecular weight excluding hydrogens is 275 g/mol. The van der Waals surface area contributed by atoms with E-state index < -0.39 is 6.36 Å². The summed E-state index contributed by atoms with van der Waals surface area (Å²) in [6, 6.07) is 6.25. The molecule has 1 aliphatic rings. The van der Waals surface area contributed by atoms with E-state index in [1.54, 1.807) is 12.1 Å². The van der Waals surface area contributed by atoms with Crippen LogP contribution in [-0.2, 0) is 6.54 Å². The van der Waals surface area contributed by atoms with Crippen LogP contribution >= 0.6 is 11.8 Å². The number of hydrogen-bond acceptors (Lipinski definition) is 3. The van der Waals surface area contributed by atoms with Crippen molar-refractivity contribution in [3.8, 4) is 5.75 Å². The van der Waals surface area contributed by atoms with Crippen LogP contribution in [0.15, 0.2) is 24.3 Å². The molecule has 1 N–H and O–H groups in total. The fourth-order valence-corrected chi connectivity index (χ4v) is 3.31. The van der Waals surface area contributed by atoms with E-state index in [0.29, 0.717) is 18.0 Å². The molecule has 2 rings (SSSR count). The van der Waals surface area contributed by atoms with E-state index in [1.807, 2.05) is 11.8 Å². The first-order valence-corrected chi connectivity index (χ1v) is 7.32. The van der Waals surface area contributed by atoms with Crippen LogP contribution in [0.5, 0.6) is 5.75 Å². The number of ether oxygens (including phenoxy) is 1. The van der Waals surface area contributed by atoms with Gasteiger partial charge in [0.25, 0.3) is 0 Å². The van der Waals surface area contributed by atoms with Crippen molar-refractivity contribution in [1.82, 2.24) is 5.32 Å². The molecule has 0 aromatic heterocycles. The van der Waals surface area contributed by atoms with Crippen molar-refractivity contribution in [1.29, 1.82) is 0 Å². The van der Waals surface area contributed by atoms with Gasteiger partial charge >= 0.3 is 6.36 Å². The molecule has 1 aromatic carbocycles. The second-order valence-electron chi connectivity index (χ2n) is 4.52. The van der Waals surface area contributed by atoms with Gasteiger partial charge in [0.05, 0.1) is 0 Å². The number of para-hydroxylation sites is 1. The van der Waals surface area contributed by atoms with Crippen molar-refractivity contribution >= 4 is 11.8 Å². The maximum atomic E-state index is 12.2. The van der Waals surface area contributed by atoms with Crippen molar-refractivity contribution in [3.63, 3.8) is 0 Å². The van der Waals surface area contributed by atoms with Crippen LogP contribution in [0.1, 0.15) is 12.0 Å². The van der Waals surface area contributed by atoms with Gasteiger partial charge in [-0.1, -0.05) is 18.2 Å². The summed E-state index contributed by atoms with van der Waals surface area (Å²) >= 11 is 1.93. The Balaban J connectivity index is 1.88. The molecule has 0 radical (unpaired) electrons. The van der Waals surface area contributed by atoms with E-state index in [-0.39, 0.29) is 5.75 Å². The molecule has 0 bridgehead atoms. The van der Waals surface area contributed by atoms with E-state index in [4.69, 9.17) is 0 Å². The van der Waals surface area contributed by atoms with Gasteiger partial charge in [-0.2, -0.15) is 11.8 Å². The van der Waals surface area contributed by atoms with Crippen molar-refractivity contribution in [3.05, 3.63) is 29.8 Å². The second kappa shape index (κ2) is 6.52. The SMILES string of the molecule is FC(F)(F)Oc1ccccc1CNCC1CCSC1. The Hall–Kier alpha value is -0.880. The molecule has 1 saturated heterocycles. The number of rotatable bonds is 5. The normalized spacial score (nSPS) is 19.6. The Morgan fingerprint density at radius 3 is 2.79 bits per heavy atom. The van der Waals surface area contributed by atoms with Crippen LogP contribution in [0, 0.1) is 5.92 Å². The number of hydrogen-bond donors (Lipinski definition) is 1. The van der Waals surface area contributed by atoms with Gasteiger partial charge in [-0.05, 0) is 36.5 Å². The number of benzene rings is 1. The van der Waals surface area contributed by atoms with E-state index in [2.05, 4.69) is 10.1 Å². The summed E-state index contributed by atoms with van der Waals surface area (Å²) in [7, 11) is 0. The molecule has 1 aromatic rings. The Labute approximate surface area is 114 Å². The Bertz CT molecular complexity index is 405. The van der Waals surface area contributed by atoms with Gasteiger partial charge < -0.3 is 10.1 Å². The van der Waals surface area contributed by atoms with Gasteiger partial charge in [0, 0.05) is 12.1 Å². The van der Waals surface area contributed by atoms with Crippen molar-refractivity contribution in [2.24, 2.45) is 5.92 Å². The minimum Gasteiger partial charge on any atom is -0.405 e. The molecule has 106 valence electrons. The Morgan fingerprint density at radius 2 is 2.11 bits per heavy atom. The van der Waals surface area contributed by atoms with Gasteiger partial charge in [0.15, 0.2) is 0 Å². The maximum absolute atomic E-state index is 12.2. The third-order valence-electron chi connectivity index (χ3n) is 2.97. The molecular formula is C13H16F3NOS. The highest BCUT2D eigenvalue weighted by Crippen LogP contribution is 2.26. The maximum Gasteiger partial charge on any atom is 0.573 e. The highest BCUT2D eigenvalue weighted by molar-refractivity contribution is 7.99. The number of halogens is 3. The van der Waals surface area contributed by atoms with Gasteiger partial charge in [-0.15, -0.1) is 13.2 Å². The third kappa shape index (κ3) is 4.95. The summed E-state index contributed by atoms with van der Waals surface area (Å²) in [6.07, 6.45) is -3.46. The molecule has 19 heavy (non-hydrogen) atoms. The summed E-state index contributed by atoms with van der Waals surface area (Å²) in [5.41, 5.74) is 0.533. The fraction of sp³-hybridized carbons (Fsp3) is 0.538. The van der Waals surface area contributed by atoms with Gasteiger partial charge in [0.1, 0.15) is 5.75 Å². The molecule has 6 heteroatoms. The molecule has 1 aliphatic heterocycles. The van der Waals surface area contributed by atoms with Crippen molar-refractivity contribution < 1.29 is 17.9 Å². The fourth-order valence-electron chi connectivity index (χ4n) is 2.03. The van der Waals surface area contributed by atoms with Crippen LogP contribution in [0.3, 0.4) is 0 Å². The number of thioether (sulfide) groups is 1.